The van der Waals surface area contributed by atoms with E-state index in [1.165, 1.54) is 18.2 Å². The van der Waals surface area contributed by atoms with Crippen LogP contribution in [0.15, 0.2) is 58.0 Å². The third-order valence-corrected chi connectivity index (χ3v) is 3.87. The van der Waals surface area contributed by atoms with E-state index in [0.717, 1.165) is 16.7 Å². The van der Waals surface area contributed by atoms with Gasteiger partial charge in [-0.2, -0.15) is 0 Å². The highest BCUT2D eigenvalue weighted by Crippen LogP contribution is 2.42. The first-order valence-corrected chi connectivity index (χ1v) is 6.29. The van der Waals surface area contributed by atoms with E-state index < -0.39 is 5.92 Å². The Morgan fingerprint density at radius 2 is 1.80 bits per heavy atom. The van der Waals surface area contributed by atoms with Crippen LogP contribution >= 0.6 is 0 Å². The van der Waals surface area contributed by atoms with Crippen LogP contribution in [-0.2, 0) is 9.59 Å². The maximum atomic E-state index is 12.3. The number of nitrogens with one attached hydrogen (secondary N) is 1. The molecule has 0 amide bonds. The van der Waals surface area contributed by atoms with Crippen molar-refractivity contribution >= 4 is 17.6 Å². The van der Waals surface area contributed by atoms with E-state index in [0.29, 0.717) is 11.3 Å². The van der Waals surface area contributed by atoms with Gasteiger partial charge in [0.2, 0.25) is 5.56 Å². The van der Waals surface area contributed by atoms with Crippen molar-refractivity contribution in [1.29, 1.82) is 0 Å². The lowest BCUT2D eigenvalue weighted by Crippen LogP contribution is -2.23. The molecule has 0 aromatic carbocycles. The van der Waals surface area contributed by atoms with Crippen LogP contribution in [-0.4, -0.2) is 16.6 Å². The van der Waals surface area contributed by atoms with Crippen molar-refractivity contribution in [3.8, 4) is 0 Å². The largest absolute Gasteiger partial charge is 0.322 e. The average molecular weight is 263 g/mol. The molecule has 0 aliphatic heterocycles. The molecule has 0 saturated carbocycles. The zero-order chi connectivity index (χ0) is 13.9. The molecule has 1 unspecified atom stereocenters. The number of rotatable bonds is 0. The van der Waals surface area contributed by atoms with Crippen LogP contribution in [0.2, 0.25) is 0 Å². The van der Waals surface area contributed by atoms with Gasteiger partial charge >= 0.3 is 0 Å². The maximum Gasteiger partial charge on any atom is 0.248 e. The van der Waals surface area contributed by atoms with Crippen molar-refractivity contribution in [2.45, 2.75) is 5.92 Å². The third-order valence-electron chi connectivity index (χ3n) is 3.87. The molecule has 96 valence electrons. The highest BCUT2D eigenvalue weighted by Gasteiger charge is 2.36. The van der Waals surface area contributed by atoms with E-state index >= 15 is 0 Å². The summed E-state index contributed by atoms with van der Waals surface area (Å²) in [7, 11) is 0. The summed E-state index contributed by atoms with van der Waals surface area (Å²) in [4.78, 5) is 38.1. The number of carbonyl (C=O) groups is 2. The number of H-pyrrole nitrogens is 1. The summed E-state index contributed by atoms with van der Waals surface area (Å²) in [5.74, 6) is -0.672. The first-order chi connectivity index (χ1) is 9.65. The zero-order valence-electron chi connectivity index (χ0n) is 10.3. The van der Waals surface area contributed by atoms with Crippen molar-refractivity contribution in [2.75, 3.05) is 0 Å². The van der Waals surface area contributed by atoms with Gasteiger partial charge < -0.3 is 4.98 Å². The minimum Gasteiger partial charge on any atom is -0.322 e. The summed E-state index contributed by atoms with van der Waals surface area (Å²) in [5.41, 5.74) is 3.36. The van der Waals surface area contributed by atoms with Gasteiger partial charge in [0.15, 0.2) is 11.6 Å². The van der Waals surface area contributed by atoms with Crippen LogP contribution in [0.3, 0.4) is 0 Å². The Labute approximate surface area is 113 Å². The number of aromatic amines is 1. The number of hydrogen-bond donors (Lipinski definition) is 1. The second kappa shape index (κ2) is 3.63. The van der Waals surface area contributed by atoms with Gasteiger partial charge in [0.1, 0.15) is 0 Å². The van der Waals surface area contributed by atoms with Crippen LogP contribution in [0.1, 0.15) is 17.2 Å². The van der Waals surface area contributed by atoms with Crippen LogP contribution in [0, 0.1) is 0 Å². The Hall–Kier alpha value is -2.75. The highest BCUT2D eigenvalue weighted by molar-refractivity contribution is 6.19. The van der Waals surface area contributed by atoms with Gasteiger partial charge in [-0.1, -0.05) is 18.2 Å². The summed E-state index contributed by atoms with van der Waals surface area (Å²) < 4.78 is 0. The fourth-order valence-corrected chi connectivity index (χ4v) is 2.98. The van der Waals surface area contributed by atoms with E-state index in [9.17, 15) is 14.4 Å². The van der Waals surface area contributed by atoms with Gasteiger partial charge in [-0.25, -0.2) is 0 Å². The van der Waals surface area contributed by atoms with E-state index in [1.54, 1.807) is 18.2 Å². The molecule has 0 spiro atoms. The number of hydrogen-bond acceptors (Lipinski definition) is 3. The smallest absolute Gasteiger partial charge is 0.248 e. The fraction of sp³-hybridized carbons (Fsp3) is 0.0625. The Balaban J connectivity index is 2.00. The number of aromatic nitrogens is 1. The molecule has 1 N–H and O–H groups in total. The van der Waals surface area contributed by atoms with Crippen molar-refractivity contribution in [3.05, 3.63) is 74.8 Å². The van der Waals surface area contributed by atoms with Gasteiger partial charge in [0.25, 0.3) is 0 Å². The molecule has 3 aliphatic carbocycles. The summed E-state index contributed by atoms with van der Waals surface area (Å²) in [5, 5.41) is 0. The van der Waals surface area contributed by atoms with Crippen molar-refractivity contribution in [3.63, 3.8) is 0 Å². The lowest BCUT2D eigenvalue weighted by molar-refractivity contribution is -0.116. The Bertz CT molecular complexity index is 862. The topological polar surface area (TPSA) is 67.0 Å². The maximum absolute atomic E-state index is 12.3. The van der Waals surface area contributed by atoms with E-state index in [4.69, 9.17) is 0 Å². The lowest BCUT2D eigenvalue weighted by atomic mass is 9.76. The van der Waals surface area contributed by atoms with Gasteiger partial charge in [0.05, 0.1) is 5.92 Å². The minimum absolute atomic E-state index is 0.117. The van der Waals surface area contributed by atoms with Gasteiger partial charge in [-0.3, -0.25) is 14.4 Å². The van der Waals surface area contributed by atoms with Crippen molar-refractivity contribution < 1.29 is 9.59 Å². The molecule has 1 aromatic heterocycles. The zero-order valence-corrected chi connectivity index (χ0v) is 10.3. The van der Waals surface area contributed by atoms with Crippen molar-refractivity contribution in [2.24, 2.45) is 0 Å². The molecule has 1 heterocycles. The van der Waals surface area contributed by atoms with E-state index in [2.05, 4.69) is 4.98 Å². The SMILES string of the molecule is O=C1C=CC2=C3C=Cc4[nH]c(=O)ccc4C3C(=O)C=C12. The molecule has 0 bridgehead atoms. The fourth-order valence-electron chi connectivity index (χ4n) is 2.98. The quantitative estimate of drug-likeness (QED) is 0.770. The monoisotopic (exact) mass is 263 g/mol. The van der Waals surface area contributed by atoms with Crippen molar-refractivity contribution in [1.82, 2.24) is 4.98 Å². The van der Waals surface area contributed by atoms with E-state index in [-0.39, 0.29) is 17.1 Å². The molecule has 4 rings (SSSR count). The number of allylic oxidation sites excluding steroid dienone is 7. The van der Waals surface area contributed by atoms with Gasteiger partial charge in [-0.05, 0) is 34.9 Å². The first kappa shape index (κ1) is 11.1. The molecule has 4 heteroatoms. The molecule has 0 saturated heterocycles. The van der Waals surface area contributed by atoms with Crippen LogP contribution in [0.25, 0.3) is 6.08 Å². The number of carbonyl (C=O) groups excluding carboxylic acids is 2. The summed E-state index contributed by atoms with van der Waals surface area (Å²) in [6, 6.07) is 3.10. The summed E-state index contributed by atoms with van der Waals surface area (Å²) in [6.45, 7) is 0. The Morgan fingerprint density at radius 3 is 2.65 bits per heavy atom. The standard InChI is InChI=1S/C16H9NO3/c18-13-5-2-8-9-1-4-12-10(3-6-15(20)17-12)16(9)14(19)7-11(8)13/h1-7,16H,(H,17,20). The molecule has 0 fully saturated rings. The molecular formula is C16H9NO3. The van der Waals surface area contributed by atoms with Crippen LogP contribution < -0.4 is 5.56 Å². The Morgan fingerprint density at radius 1 is 0.950 bits per heavy atom. The predicted octanol–water partition coefficient (Wildman–Crippen LogP) is 1.43. The minimum atomic E-state index is -0.429. The molecule has 1 atom stereocenters. The Kier molecular flexibility index (Phi) is 2.02. The first-order valence-electron chi connectivity index (χ1n) is 6.29. The lowest BCUT2D eigenvalue weighted by Gasteiger charge is -2.26. The third kappa shape index (κ3) is 1.33. The molecule has 0 radical (unpaired) electrons. The number of ketones is 2. The second-order valence-corrected chi connectivity index (χ2v) is 4.98. The average Bonchev–Trinajstić information content (AvgIpc) is 2.80. The molecule has 20 heavy (non-hydrogen) atoms. The molecule has 3 aliphatic rings. The van der Waals surface area contributed by atoms with Gasteiger partial charge in [-0.15, -0.1) is 0 Å². The molecular weight excluding hydrogens is 254 g/mol. The molecule has 1 aromatic rings. The van der Waals surface area contributed by atoms with Gasteiger partial charge in [0, 0.05) is 17.3 Å². The predicted molar refractivity (Wildman–Crippen MR) is 73.1 cm³/mol. The van der Waals surface area contributed by atoms with Crippen LogP contribution in [0.4, 0.5) is 0 Å². The second-order valence-electron chi connectivity index (χ2n) is 4.98. The normalized spacial score (nSPS) is 22.6. The number of pyridine rings is 1. The van der Waals surface area contributed by atoms with E-state index in [1.807, 2.05) is 6.08 Å². The number of fused-ring (bicyclic) bond motifs is 4. The summed E-state index contributed by atoms with van der Waals surface area (Å²) in [6.07, 6.45) is 8.25. The molecule has 4 nitrogen and oxygen atoms in total. The summed E-state index contributed by atoms with van der Waals surface area (Å²) >= 11 is 0. The van der Waals surface area contributed by atoms with Crippen LogP contribution in [0.5, 0.6) is 0 Å². The highest BCUT2D eigenvalue weighted by atomic mass is 16.1.